The Morgan fingerprint density at radius 3 is 2.38 bits per heavy atom. The summed E-state index contributed by atoms with van der Waals surface area (Å²) < 4.78 is 0. The molecule has 0 amide bonds. The predicted octanol–water partition coefficient (Wildman–Crippen LogP) is 9.53. The molecule has 0 saturated heterocycles. The van der Waals surface area contributed by atoms with Crippen LogP contribution in [0, 0.1) is 6.92 Å². The standard InChI is InChI=1S/C32H41NS/c1-8-13-24(3)22-28(7)34-32(21-19-29-14-11-10-12-15-29)33-27(6)18-16-26(5)31-20-17-25(4)30(9-2)23-31/h10-15,17,20-21,23,33H,5-9,16,18-19,22H2,1-4H3/b24-13+,32-21-. The van der Waals surface area contributed by atoms with Gasteiger partial charge in [0, 0.05) is 5.70 Å². The average molecular weight is 472 g/mol. The number of hydrogen-bond donors (Lipinski definition) is 1. The zero-order valence-corrected chi connectivity index (χ0v) is 22.4. The van der Waals surface area contributed by atoms with Gasteiger partial charge in [0.1, 0.15) is 0 Å². The van der Waals surface area contributed by atoms with Gasteiger partial charge in [-0.1, -0.05) is 106 Å². The Bertz CT molecular complexity index is 1040. The molecule has 2 heteroatoms. The van der Waals surface area contributed by atoms with Crippen LogP contribution in [0.4, 0.5) is 0 Å². The van der Waals surface area contributed by atoms with E-state index in [1.54, 1.807) is 11.8 Å². The largest absolute Gasteiger partial charge is 0.354 e. The summed E-state index contributed by atoms with van der Waals surface area (Å²) in [6, 6.07) is 17.2. The molecule has 0 radical (unpaired) electrons. The number of nitrogens with one attached hydrogen (secondary N) is 1. The maximum atomic E-state index is 4.35. The smallest absolute Gasteiger partial charge is 0.0730 e. The first kappa shape index (κ1) is 27.5. The third-order valence-electron chi connectivity index (χ3n) is 5.82. The second-order valence-electron chi connectivity index (χ2n) is 8.86. The van der Waals surface area contributed by atoms with Gasteiger partial charge in [0.15, 0.2) is 0 Å². The van der Waals surface area contributed by atoms with Crippen LogP contribution in [0.2, 0.25) is 0 Å². The molecule has 2 rings (SSSR count). The van der Waals surface area contributed by atoms with Crippen LogP contribution in [0.25, 0.3) is 5.57 Å². The van der Waals surface area contributed by atoms with Gasteiger partial charge < -0.3 is 5.32 Å². The Balaban J connectivity index is 2.02. The van der Waals surface area contributed by atoms with Crippen LogP contribution in [0.1, 0.15) is 68.7 Å². The summed E-state index contributed by atoms with van der Waals surface area (Å²) in [5.41, 5.74) is 8.79. The highest BCUT2D eigenvalue weighted by atomic mass is 32.2. The van der Waals surface area contributed by atoms with E-state index in [9.17, 15) is 0 Å². The minimum absolute atomic E-state index is 0.846. The molecule has 180 valence electrons. The van der Waals surface area contributed by atoms with Gasteiger partial charge in [-0.05, 0) is 91.2 Å². The summed E-state index contributed by atoms with van der Waals surface area (Å²) in [4.78, 5) is 1.14. The monoisotopic (exact) mass is 471 g/mol. The van der Waals surface area contributed by atoms with E-state index in [0.717, 1.165) is 59.7 Å². The first-order chi connectivity index (χ1) is 16.3. The highest BCUT2D eigenvalue weighted by molar-refractivity contribution is 8.06. The van der Waals surface area contributed by atoms with Gasteiger partial charge >= 0.3 is 0 Å². The number of benzene rings is 2. The van der Waals surface area contributed by atoms with Crippen molar-refractivity contribution >= 4 is 17.3 Å². The fraction of sp³-hybridized carbons (Fsp3) is 0.312. The Kier molecular flexibility index (Phi) is 11.8. The Morgan fingerprint density at radius 2 is 1.71 bits per heavy atom. The van der Waals surface area contributed by atoms with Gasteiger partial charge in [0.05, 0.1) is 5.03 Å². The summed E-state index contributed by atoms with van der Waals surface area (Å²) in [6.07, 6.45) is 10.1. The molecular weight excluding hydrogens is 430 g/mol. The lowest BCUT2D eigenvalue weighted by molar-refractivity contribution is 0.887. The molecule has 0 bridgehead atoms. The lowest BCUT2D eigenvalue weighted by atomic mass is 9.96. The molecule has 34 heavy (non-hydrogen) atoms. The Labute approximate surface area is 212 Å². The van der Waals surface area contributed by atoms with Crippen molar-refractivity contribution in [2.45, 2.75) is 66.2 Å². The van der Waals surface area contributed by atoms with E-state index in [-0.39, 0.29) is 0 Å². The minimum Gasteiger partial charge on any atom is -0.354 e. The van der Waals surface area contributed by atoms with Gasteiger partial charge in [-0.25, -0.2) is 0 Å². The van der Waals surface area contributed by atoms with E-state index in [1.165, 1.54) is 27.8 Å². The molecule has 0 unspecified atom stereocenters. The van der Waals surface area contributed by atoms with Gasteiger partial charge in [-0.3, -0.25) is 0 Å². The maximum Gasteiger partial charge on any atom is 0.0730 e. The maximum absolute atomic E-state index is 4.35. The number of aryl methyl sites for hydroxylation is 2. The van der Waals surface area contributed by atoms with Crippen molar-refractivity contribution in [3.8, 4) is 0 Å². The molecule has 0 aliphatic rings. The molecule has 0 saturated carbocycles. The first-order valence-corrected chi connectivity index (χ1v) is 13.1. The minimum atomic E-state index is 0.846. The van der Waals surface area contributed by atoms with Crippen molar-refractivity contribution in [2.24, 2.45) is 0 Å². The number of thioether (sulfide) groups is 1. The van der Waals surface area contributed by atoms with Crippen LogP contribution < -0.4 is 5.32 Å². The van der Waals surface area contributed by atoms with E-state index in [2.05, 4.69) is 113 Å². The van der Waals surface area contributed by atoms with E-state index in [4.69, 9.17) is 0 Å². The van der Waals surface area contributed by atoms with Crippen molar-refractivity contribution in [2.75, 3.05) is 0 Å². The second-order valence-corrected chi connectivity index (χ2v) is 10.1. The number of hydrogen-bond acceptors (Lipinski definition) is 2. The van der Waals surface area contributed by atoms with Crippen molar-refractivity contribution in [3.05, 3.63) is 124 Å². The van der Waals surface area contributed by atoms with Gasteiger partial charge in [-0.15, -0.1) is 0 Å². The Hall–Kier alpha value is -2.71. The molecule has 0 spiro atoms. The zero-order valence-electron chi connectivity index (χ0n) is 21.5. The quantitative estimate of drug-likeness (QED) is 0.275. The SMILES string of the molecule is C=C(CCC(=C)c1ccc(C)c(CC)c1)N/C(=C/Cc1ccccc1)SC(=C)C/C(C)=C/CC. The van der Waals surface area contributed by atoms with E-state index in [1.807, 2.05) is 0 Å². The summed E-state index contributed by atoms with van der Waals surface area (Å²) in [5, 5.41) is 4.66. The molecule has 0 aliphatic carbocycles. The lowest BCUT2D eigenvalue weighted by Crippen LogP contribution is -2.10. The highest BCUT2D eigenvalue weighted by Crippen LogP contribution is 2.29. The summed E-state index contributed by atoms with van der Waals surface area (Å²) in [7, 11) is 0. The Morgan fingerprint density at radius 1 is 0.971 bits per heavy atom. The molecule has 0 aliphatic heterocycles. The fourth-order valence-electron chi connectivity index (χ4n) is 3.82. The molecule has 0 aromatic heterocycles. The van der Waals surface area contributed by atoms with E-state index in [0.29, 0.717) is 0 Å². The lowest BCUT2D eigenvalue weighted by Gasteiger charge is -2.16. The normalized spacial score (nSPS) is 11.9. The molecule has 1 nitrogen and oxygen atoms in total. The molecule has 0 heterocycles. The van der Waals surface area contributed by atoms with Crippen molar-refractivity contribution in [3.63, 3.8) is 0 Å². The van der Waals surface area contributed by atoms with Crippen molar-refractivity contribution in [1.82, 2.24) is 5.32 Å². The van der Waals surface area contributed by atoms with Gasteiger partial charge in [-0.2, -0.15) is 0 Å². The summed E-state index contributed by atoms with van der Waals surface area (Å²) in [5.74, 6) is 0. The molecule has 0 atom stereocenters. The third-order valence-corrected chi connectivity index (χ3v) is 6.74. The molecule has 2 aromatic rings. The summed E-state index contributed by atoms with van der Waals surface area (Å²) in [6.45, 7) is 21.7. The molecule has 0 fully saturated rings. The molecular formula is C32H41NS. The summed E-state index contributed by atoms with van der Waals surface area (Å²) >= 11 is 1.72. The van der Waals surface area contributed by atoms with Crippen molar-refractivity contribution < 1.29 is 0 Å². The average Bonchev–Trinajstić information content (AvgIpc) is 2.82. The third kappa shape index (κ3) is 9.65. The van der Waals surface area contributed by atoms with Crippen LogP contribution in [-0.2, 0) is 12.8 Å². The zero-order chi connectivity index (χ0) is 24.9. The first-order valence-electron chi connectivity index (χ1n) is 12.3. The second kappa shape index (κ2) is 14.5. The van der Waals surface area contributed by atoms with Crippen LogP contribution in [-0.4, -0.2) is 0 Å². The van der Waals surface area contributed by atoms with Crippen LogP contribution >= 0.6 is 11.8 Å². The van der Waals surface area contributed by atoms with Gasteiger partial charge in [0.25, 0.3) is 0 Å². The van der Waals surface area contributed by atoms with Crippen LogP contribution in [0.5, 0.6) is 0 Å². The number of allylic oxidation sites excluding steroid dienone is 6. The van der Waals surface area contributed by atoms with Crippen LogP contribution in [0.15, 0.2) is 102 Å². The highest BCUT2D eigenvalue weighted by Gasteiger charge is 2.08. The molecule has 1 N–H and O–H groups in total. The van der Waals surface area contributed by atoms with Gasteiger partial charge in [0.2, 0.25) is 0 Å². The predicted molar refractivity (Wildman–Crippen MR) is 155 cm³/mol. The molecule has 2 aromatic carbocycles. The fourth-order valence-corrected chi connectivity index (χ4v) is 4.79. The van der Waals surface area contributed by atoms with E-state index >= 15 is 0 Å². The van der Waals surface area contributed by atoms with Crippen molar-refractivity contribution in [1.29, 1.82) is 0 Å². The van der Waals surface area contributed by atoms with E-state index < -0.39 is 0 Å². The topological polar surface area (TPSA) is 12.0 Å². The number of rotatable bonds is 14. The van der Waals surface area contributed by atoms with Crippen LogP contribution in [0.3, 0.4) is 0 Å².